The first-order valence-electron chi connectivity index (χ1n) is 10.3. The molecule has 0 unspecified atom stereocenters. The summed E-state index contributed by atoms with van der Waals surface area (Å²) in [6, 6.07) is 0. The van der Waals surface area contributed by atoms with Crippen LogP contribution in [0.2, 0.25) is 0 Å². The van der Waals surface area contributed by atoms with Gasteiger partial charge in [0.1, 0.15) is 12.9 Å². The normalized spacial score (nSPS) is 33.9. The lowest BCUT2D eigenvalue weighted by atomic mass is 9.49. The van der Waals surface area contributed by atoms with Gasteiger partial charge in [-0.3, -0.25) is 0 Å². The van der Waals surface area contributed by atoms with Crippen molar-refractivity contribution in [2.24, 2.45) is 22.7 Å². The third-order valence-corrected chi connectivity index (χ3v) is 7.24. The van der Waals surface area contributed by atoms with Gasteiger partial charge in [0.2, 0.25) is 0 Å². The Balaban J connectivity index is 1.97. The molecule has 6 heteroatoms. The summed E-state index contributed by atoms with van der Waals surface area (Å²) in [4.78, 5) is 12.2. The van der Waals surface area contributed by atoms with Gasteiger partial charge in [0.15, 0.2) is 5.79 Å². The molecule has 2 aliphatic heterocycles. The molecule has 0 aromatic rings. The zero-order valence-electron chi connectivity index (χ0n) is 18.1. The molecule has 0 N–H and O–H groups in total. The Morgan fingerprint density at radius 1 is 1.24 bits per heavy atom. The van der Waals surface area contributed by atoms with E-state index in [1.54, 1.807) is 13.2 Å². The van der Waals surface area contributed by atoms with E-state index >= 15 is 0 Å². The second-order valence-corrected chi connectivity index (χ2v) is 8.97. The molecule has 0 bridgehead atoms. The summed E-state index contributed by atoms with van der Waals surface area (Å²) in [6.07, 6.45) is 6.61. The van der Waals surface area contributed by atoms with Crippen LogP contribution < -0.4 is 0 Å². The van der Waals surface area contributed by atoms with Crippen molar-refractivity contribution in [3.63, 3.8) is 0 Å². The van der Waals surface area contributed by atoms with E-state index in [-0.39, 0.29) is 35.4 Å². The highest BCUT2D eigenvalue weighted by atomic mass is 16.7. The average Bonchev–Trinajstić information content (AvgIpc) is 3.30. The molecule has 0 aromatic heterocycles. The minimum Gasteiger partial charge on any atom is -0.454 e. The molecule has 3 rings (SSSR count). The second-order valence-electron chi connectivity index (χ2n) is 8.97. The Hall–Kier alpha value is -1.47. The zero-order chi connectivity index (χ0) is 21.3. The minimum atomic E-state index is -0.613. The van der Waals surface area contributed by atoms with Crippen LogP contribution in [0.3, 0.4) is 0 Å². The predicted molar refractivity (Wildman–Crippen MR) is 109 cm³/mol. The van der Waals surface area contributed by atoms with Gasteiger partial charge in [-0.2, -0.15) is 0 Å². The third-order valence-electron chi connectivity index (χ3n) is 7.24. The number of ether oxygens (including phenoxy) is 5. The summed E-state index contributed by atoms with van der Waals surface area (Å²) in [6.45, 7) is 16.3. The zero-order valence-corrected chi connectivity index (χ0v) is 18.1. The van der Waals surface area contributed by atoms with Crippen molar-refractivity contribution in [3.8, 4) is 0 Å². The topological polar surface area (TPSA) is 63.2 Å². The van der Waals surface area contributed by atoms with Gasteiger partial charge < -0.3 is 23.7 Å². The van der Waals surface area contributed by atoms with Crippen LogP contribution in [0.25, 0.3) is 0 Å². The van der Waals surface area contributed by atoms with Gasteiger partial charge in [0, 0.05) is 24.9 Å². The van der Waals surface area contributed by atoms with Crippen molar-refractivity contribution in [1.82, 2.24) is 0 Å². The quantitative estimate of drug-likeness (QED) is 0.265. The lowest BCUT2D eigenvalue weighted by molar-refractivity contribution is -0.285. The van der Waals surface area contributed by atoms with E-state index in [1.165, 1.54) is 0 Å². The van der Waals surface area contributed by atoms with E-state index in [9.17, 15) is 4.79 Å². The van der Waals surface area contributed by atoms with Crippen LogP contribution in [-0.2, 0) is 28.5 Å². The van der Waals surface area contributed by atoms with E-state index < -0.39 is 11.9 Å². The number of rotatable bonds is 8. The molecule has 3 aliphatic rings. The van der Waals surface area contributed by atoms with E-state index in [1.807, 2.05) is 12.2 Å². The molecular formula is C23H34O6. The fourth-order valence-electron chi connectivity index (χ4n) is 5.66. The number of allylic oxidation sites excluding steroid dienone is 1. The second kappa shape index (κ2) is 8.34. The average molecular weight is 407 g/mol. The van der Waals surface area contributed by atoms with Crippen LogP contribution in [0.15, 0.2) is 37.0 Å². The molecule has 1 saturated carbocycles. The predicted octanol–water partition coefficient (Wildman–Crippen LogP) is 3.63. The molecule has 0 radical (unpaired) electrons. The summed E-state index contributed by atoms with van der Waals surface area (Å²) in [5.41, 5.74) is -0.0670. The van der Waals surface area contributed by atoms with Gasteiger partial charge in [-0.15, -0.1) is 6.58 Å². The first kappa shape index (κ1) is 22.2. The fraction of sp³-hybridized carbons (Fsp3) is 0.696. The van der Waals surface area contributed by atoms with Crippen LogP contribution in [0.5, 0.6) is 0 Å². The summed E-state index contributed by atoms with van der Waals surface area (Å²) in [5.74, 6) is -0.981. The number of hydrogen-bond donors (Lipinski definition) is 0. The summed E-state index contributed by atoms with van der Waals surface area (Å²) in [7, 11) is 1.59. The number of esters is 1. The SMILES string of the molecule is C=CC1=C[C@@H]([C@@H](COCOC)[C@@]2(C)CCC3(OCCO3)C(C)(C)[C@@H]2C=C)OC1=O. The number of hydrogen-bond acceptors (Lipinski definition) is 6. The maximum atomic E-state index is 12.2. The molecule has 2 fully saturated rings. The first-order chi connectivity index (χ1) is 13.8. The Morgan fingerprint density at radius 3 is 2.48 bits per heavy atom. The van der Waals surface area contributed by atoms with Crippen molar-refractivity contribution in [2.45, 2.75) is 45.5 Å². The molecule has 6 nitrogen and oxygen atoms in total. The van der Waals surface area contributed by atoms with Crippen LogP contribution >= 0.6 is 0 Å². The number of cyclic esters (lactones) is 1. The number of carbonyl (C=O) groups excluding carboxylic acids is 1. The van der Waals surface area contributed by atoms with Gasteiger partial charge in [0.25, 0.3) is 0 Å². The van der Waals surface area contributed by atoms with Crippen LogP contribution in [0.4, 0.5) is 0 Å². The molecule has 1 saturated heterocycles. The fourth-order valence-corrected chi connectivity index (χ4v) is 5.66. The molecule has 1 aliphatic carbocycles. The number of carbonyl (C=O) groups is 1. The molecule has 2 heterocycles. The van der Waals surface area contributed by atoms with Crippen molar-refractivity contribution in [1.29, 1.82) is 0 Å². The standard InChI is InChI=1S/C23H34O6/c1-7-16-13-18(29-20(16)24)17(14-26-15-25-6)22(5)9-10-23(27-11-12-28-23)21(3,4)19(22)8-2/h7-8,13,17-19H,1-2,9-12,14-15H2,3-6H3/t17-,18+,19+,22-/m1/s1. The highest BCUT2D eigenvalue weighted by Crippen LogP contribution is 2.62. The van der Waals surface area contributed by atoms with Crippen molar-refractivity contribution < 1.29 is 28.5 Å². The summed E-state index contributed by atoms with van der Waals surface area (Å²) in [5, 5.41) is 0. The Labute approximate surface area is 173 Å². The van der Waals surface area contributed by atoms with E-state index in [4.69, 9.17) is 23.7 Å². The van der Waals surface area contributed by atoms with Crippen LogP contribution in [0, 0.1) is 22.7 Å². The Kier molecular flexibility index (Phi) is 6.39. The van der Waals surface area contributed by atoms with Gasteiger partial charge in [0.05, 0.1) is 25.4 Å². The molecule has 0 aromatic carbocycles. The lowest BCUT2D eigenvalue weighted by Crippen LogP contribution is -2.61. The van der Waals surface area contributed by atoms with E-state index in [0.29, 0.717) is 25.4 Å². The maximum Gasteiger partial charge on any atom is 0.338 e. The summed E-state index contributed by atoms with van der Waals surface area (Å²) < 4.78 is 28.9. The smallest absolute Gasteiger partial charge is 0.338 e. The van der Waals surface area contributed by atoms with Crippen molar-refractivity contribution >= 4 is 5.97 Å². The lowest BCUT2D eigenvalue weighted by Gasteiger charge is -2.59. The molecule has 1 spiro atoms. The highest BCUT2D eigenvalue weighted by Gasteiger charge is 2.63. The van der Waals surface area contributed by atoms with Gasteiger partial charge in [-0.25, -0.2) is 4.79 Å². The molecule has 4 atom stereocenters. The Morgan fingerprint density at radius 2 is 1.93 bits per heavy atom. The molecule has 29 heavy (non-hydrogen) atoms. The molecule has 0 amide bonds. The number of methoxy groups -OCH3 is 1. The van der Waals surface area contributed by atoms with E-state index in [0.717, 1.165) is 12.8 Å². The minimum absolute atomic E-state index is 0.0536. The molecule has 162 valence electrons. The van der Waals surface area contributed by atoms with Crippen molar-refractivity contribution in [2.75, 3.05) is 33.7 Å². The highest BCUT2D eigenvalue weighted by molar-refractivity contribution is 5.93. The monoisotopic (exact) mass is 406 g/mol. The maximum absolute atomic E-state index is 12.2. The third kappa shape index (κ3) is 3.61. The van der Waals surface area contributed by atoms with E-state index in [2.05, 4.69) is 33.9 Å². The largest absolute Gasteiger partial charge is 0.454 e. The molecular weight excluding hydrogens is 372 g/mol. The Bertz CT molecular complexity index is 675. The van der Waals surface area contributed by atoms with Crippen LogP contribution in [-0.4, -0.2) is 51.6 Å². The van der Waals surface area contributed by atoms with Gasteiger partial charge in [-0.1, -0.05) is 39.5 Å². The van der Waals surface area contributed by atoms with Crippen LogP contribution in [0.1, 0.15) is 33.6 Å². The van der Waals surface area contributed by atoms with Gasteiger partial charge in [-0.05, 0) is 23.8 Å². The first-order valence-corrected chi connectivity index (χ1v) is 10.3. The van der Waals surface area contributed by atoms with Gasteiger partial charge >= 0.3 is 5.97 Å². The van der Waals surface area contributed by atoms with Crippen molar-refractivity contribution in [3.05, 3.63) is 37.0 Å². The summed E-state index contributed by atoms with van der Waals surface area (Å²) >= 11 is 0.